The highest BCUT2D eigenvalue weighted by molar-refractivity contribution is 7.99. The molecule has 0 aliphatic carbocycles. The first-order valence-electron chi connectivity index (χ1n) is 8.18. The van der Waals surface area contributed by atoms with Crippen LogP contribution in [0.15, 0.2) is 35.5 Å². The predicted molar refractivity (Wildman–Crippen MR) is 91.1 cm³/mol. The fraction of sp³-hybridized carbons (Fsp3) is 0.529. The molecule has 2 heterocycles. The van der Waals surface area contributed by atoms with Crippen molar-refractivity contribution in [1.82, 2.24) is 19.7 Å². The molecule has 1 fully saturated rings. The van der Waals surface area contributed by atoms with E-state index in [4.69, 9.17) is 0 Å². The molecule has 0 saturated carbocycles. The van der Waals surface area contributed by atoms with Gasteiger partial charge in [0.25, 0.3) is 0 Å². The molecule has 1 saturated heterocycles. The van der Waals surface area contributed by atoms with Crippen LogP contribution >= 0.6 is 11.8 Å². The van der Waals surface area contributed by atoms with Gasteiger partial charge in [-0.3, -0.25) is 4.90 Å². The van der Waals surface area contributed by atoms with Gasteiger partial charge in [0.1, 0.15) is 5.82 Å². The lowest BCUT2D eigenvalue weighted by atomic mass is 10.1. The smallest absolute Gasteiger partial charge is 0.191 e. The van der Waals surface area contributed by atoms with Crippen LogP contribution in [0.25, 0.3) is 0 Å². The van der Waals surface area contributed by atoms with Crippen molar-refractivity contribution in [2.24, 2.45) is 0 Å². The van der Waals surface area contributed by atoms with E-state index in [2.05, 4.69) is 56.9 Å². The Labute approximate surface area is 136 Å². The standard InChI is InChI=1S/C17H24N4S/c1-2-22-17-19-18-16(14-20-11-7-4-8-12-20)21(17)13-15-9-5-3-6-10-15/h3,5-6,9-10H,2,4,7-8,11-14H2,1H3. The van der Waals surface area contributed by atoms with E-state index < -0.39 is 0 Å². The first kappa shape index (κ1) is 15.6. The van der Waals surface area contributed by atoms with Gasteiger partial charge in [0.15, 0.2) is 5.16 Å². The minimum atomic E-state index is 0.860. The second kappa shape index (κ2) is 7.79. The van der Waals surface area contributed by atoms with E-state index in [1.165, 1.54) is 37.9 Å². The normalized spacial score (nSPS) is 16.0. The molecule has 0 bridgehead atoms. The van der Waals surface area contributed by atoms with Crippen LogP contribution in [0.4, 0.5) is 0 Å². The molecule has 22 heavy (non-hydrogen) atoms. The molecule has 1 aromatic carbocycles. The second-order valence-corrected chi connectivity index (χ2v) is 6.97. The van der Waals surface area contributed by atoms with E-state index in [0.717, 1.165) is 29.8 Å². The third kappa shape index (κ3) is 3.90. The van der Waals surface area contributed by atoms with Gasteiger partial charge < -0.3 is 4.57 Å². The number of hydrogen-bond acceptors (Lipinski definition) is 4. The van der Waals surface area contributed by atoms with Crippen molar-refractivity contribution in [2.45, 2.75) is 44.4 Å². The average Bonchev–Trinajstić information content (AvgIpc) is 2.92. The Bertz CT molecular complexity index is 576. The summed E-state index contributed by atoms with van der Waals surface area (Å²) >= 11 is 1.77. The van der Waals surface area contributed by atoms with Crippen molar-refractivity contribution in [3.8, 4) is 0 Å². The molecular formula is C17H24N4S. The van der Waals surface area contributed by atoms with Crippen LogP contribution in [0.5, 0.6) is 0 Å². The van der Waals surface area contributed by atoms with Gasteiger partial charge in [-0.05, 0) is 37.2 Å². The van der Waals surface area contributed by atoms with Gasteiger partial charge in [0, 0.05) is 0 Å². The first-order valence-corrected chi connectivity index (χ1v) is 9.16. The molecule has 118 valence electrons. The zero-order valence-corrected chi connectivity index (χ0v) is 14.1. The largest absolute Gasteiger partial charge is 0.300 e. The Hall–Kier alpha value is -1.33. The van der Waals surface area contributed by atoms with Crippen LogP contribution in [-0.2, 0) is 13.1 Å². The van der Waals surface area contributed by atoms with Gasteiger partial charge in [-0.25, -0.2) is 0 Å². The maximum Gasteiger partial charge on any atom is 0.191 e. The van der Waals surface area contributed by atoms with Gasteiger partial charge in [-0.2, -0.15) is 0 Å². The number of rotatable bonds is 6. The van der Waals surface area contributed by atoms with Crippen molar-refractivity contribution in [2.75, 3.05) is 18.8 Å². The summed E-state index contributed by atoms with van der Waals surface area (Å²) in [6.45, 7) is 6.32. The molecule has 1 aromatic heterocycles. The lowest BCUT2D eigenvalue weighted by Crippen LogP contribution is -2.30. The van der Waals surface area contributed by atoms with E-state index in [1.807, 2.05) is 0 Å². The second-order valence-electron chi connectivity index (χ2n) is 5.74. The monoisotopic (exact) mass is 316 g/mol. The van der Waals surface area contributed by atoms with Gasteiger partial charge in [-0.1, -0.05) is 55.4 Å². The van der Waals surface area contributed by atoms with Crippen molar-refractivity contribution in [3.05, 3.63) is 41.7 Å². The first-order chi connectivity index (χ1) is 10.9. The number of piperidine rings is 1. The Morgan fingerprint density at radius 2 is 1.77 bits per heavy atom. The minimum absolute atomic E-state index is 0.860. The molecule has 0 atom stereocenters. The Morgan fingerprint density at radius 1 is 1.00 bits per heavy atom. The number of aromatic nitrogens is 3. The lowest BCUT2D eigenvalue weighted by Gasteiger charge is -2.26. The molecule has 3 rings (SSSR count). The predicted octanol–water partition coefficient (Wildman–Crippen LogP) is 3.42. The summed E-state index contributed by atoms with van der Waals surface area (Å²) < 4.78 is 2.29. The van der Waals surface area contributed by atoms with Crippen LogP contribution in [0.2, 0.25) is 0 Å². The summed E-state index contributed by atoms with van der Waals surface area (Å²) in [6.07, 6.45) is 3.98. The molecule has 0 amide bonds. The molecule has 4 nitrogen and oxygen atoms in total. The summed E-state index contributed by atoms with van der Waals surface area (Å²) in [5, 5.41) is 9.93. The van der Waals surface area contributed by atoms with Crippen molar-refractivity contribution >= 4 is 11.8 Å². The molecule has 1 aliphatic rings. The minimum Gasteiger partial charge on any atom is -0.300 e. The van der Waals surface area contributed by atoms with Crippen molar-refractivity contribution in [3.63, 3.8) is 0 Å². The number of benzene rings is 1. The SMILES string of the molecule is CCSc1nnc(CN2CCCCC2)n1Cc1ccccc1. The highest BCUT2D eigenvalue weighted by atomic mass is 32.2. The van der Waals surface area contributed by atoms with Crippen LogP contribution in [-0.4, -0.2) is 38.5 Å². The number of likely N-dealkylation sites (tertiary alicyclic amines) is 1. The quantitative estimate of drug-likeness (QED) is 0.765. The van der Waals surface area contributed by atoms with E-state index in [0.29, 0.717) is 0 Å². The fourth-order valence-electron chi connectivity index (χ4n) is 2.91. The van der Waals surface area contributed by atoms with Crippen LogP contribution in [0, 0.1) is 0 Å². The van der Waals surface area contributed by atoms with E-state index >= 15 is 0 Å². The average molecular weight is 316 g/mol. The Kier molecular flexibility index (Phi) is 5.51. The highest BCUT2D eigenvalue weighted by Crippen LogP contribution is 2.20. The molecule has 2 aromatic rings. The van der Waals surface area contributed by atoms with Crippen molar-refractivity contribution < 1.29 is 0 Å². The number of thioether (sulfide) groups is 1. The zero-order chi connectivity index (χ0) is 15.2. The number of nitrogens with zero attached hydrogens (tertiary/aromatic N) is 4. The van der Waals surface area contributed by atoms with Crippen LogP contribution in [0.3, 0.4) is 0 Å². The molecule has 0 unspecified atom stereocenters. The number of hydrogen-bond donors (Lipinski definition) is 0. The van der Waals surface area contributed by atoms with Crippen LogP contribution < -0.4 is 0 Å². The Morgan fingerprint density at radius 3 is 2.50 bits per heavy atom. The highest BCUT2D eigenvalue weighted by Gasteiger charge is 2.17. The molecule has 0 spiro atoms. The van der Waals surface area contributed by atoms with E-state index in [1.54, 1.807) is 11.8 Å². The van der Waals surface area contributed by atoms with Gasteiger partial charge >= 0.3 is 0 Å². The summed E-state index contributed by atoms with van der Waals surface area (Å²) in [4.78, 5) is 2.51. The van der Waals surface area contributed by atoms with E-state index in [9.17, 15) is 0 Å². The summed E-state index contributed by atoms with van der Waals surface area (Å²) in [7, 11) is 0. The molecular weight excluding hydrogens is 292 g/mol. The fourth-order valence-corrected chi connectivity index (χ4v) is 3.60. The van der Waals surface area contributed by atoms with Gasteiger partial charge in [-0.15, -0.1) is 10.2 Å². The molecule has 0 radical (unpaired) electrons. The molecule has 1 aliphatic heterocycles. The van der Waals surface area contributed by atoms with Gasteiger partial charge in [0.2, 0.25) is 0 Å². The molecule has 0 N–H and O–H groups in total. The summed E-state index contributed by atoms with van der Waals surface area (Å²) in [6, 6.07) is 10.6. The van der Waals surface area contributed by atoms with E-state index in [-0.39, 0.29) is 0 Å². The van der Waals surface area contributed by atoms with Gasteiger partial charge in [0.05, 0.1) is 13.1 Å². The topological polar surface area (TPSA) is 34.0 Å². The third-order valence-electron chi connectivity index (χ3n) is 4.06. The Balaban J connectivity index is 1.79. The summed E-state index contributed by atoms with van der Waals surface area (Å²) in [5.74, 6) is 2.12. The zero-order valence-electron chi connectivity index (χ0n) is 13.2. The lowest BCUT2D eigenvalue weighted by molar-refractivity contribution is 0.213. The molecule has 5 heteroatoms. The summed E-state index contributed by atoms with van der Waals surface area (Å²) in [5.41, 5.74) is 1.31. The maximum atomic E-state index is 4.48. The third-order valence-corrected chi connectivity index (χ3v) is 4.91. The van der Waals surface area contributed by atoms with Crippen molar-refractivity contribution in [1.29, 1.82) is 0 Å². The van der Waals surface area contributed by atoms with Crippen LogP contribution in [0.1, 0.15) is 37.6 Å². The maximum absolute atomic E-state index is 4.48.